The summed E-state index contributed by atoms with van der Waals surface area (Å²) in [5.74, 6) is -3.35. The maximum absolute atomic E-state index is 13.9. The molecule has 0 atom stereocenters. The zero-order valence-electron chi connectivity index (χ0n) is 13.4. The van der Waals surface area contributed by atoms with Crippen molar-refractivity contribution < 1.29 is 30.4 Å². The van der Waals surface area contributed by atoms with Gasteiger partial charge >= 0.3 is 6.18 Å². The molecule has 3 rings (SSSR count). The molecule has 5 nitrogen and oxygen atoms in total. The van der Waals surface area contributed by atoms with Gasteiger partial charge in [0, 0.05) is 23.3 Å². The number of nitrogens with zero attached hydrogens (tertiary/aromatic N) is 1. The fourth-order valence-corrected chi connectivity index (χ4v) is 3.97. The predicted molar refractivity (Wildman–Crippen MR) is 88.8 cm³/mol. The maximum Gasteiger partial charge on any atom is 0.419 e. The lowest BCUT2D eigenvalue weighted by Gasteiger charge is -2.12. The number of hydrogen-bond acceptors (Lipinski definition) is 4. The average Bonchev–Trinajstić information content (AvgIpc) is 3.18. The third kappa shape index (κ3) is 3.95. The van der Waals surface area contributed by atoms with E-state index in [4.69, 9.17) is 0 Å². The highest BCUT2D eigenvalue weighted by Gasteiger charge is 2.35. The van der Waals surface area contributed by atoms with Crippen LogP contribution in [0.5, 0.6) is 0 Å². The summed E-state index contributed by atoms with van der Waals surface area (Å²) >= 11 is 1.30. The SMILES string of the molecule is Cc1cnc(-c2cc(S(=O)(=O)Nc3cc(F)c(C(F)(F)F)cc3F)c[nH]2)s1. The van der Waals surface area contributed by atoms with Crippen LogP contribution in [0.15, 0.2) is 35.5 Å². The Morgan fingerprint density at radius 2 is 1.85 bits per heavy atom. The first-order chi connectivity index (χ1) is 12.5. The minimum Gasteiger partial charge on any atom is -0.358 e. The van der Waals surface area contributed by atoms with Crippen LogP contribution >= 0.6 is 11.3 Å². The van der Waals surface area contributed by atoms with Crippen molar-refractivity contribution in [1.82, 2.24) is 9.97 Å². The van der Waals surface area contributed by atoms with Gasteiger partial charge in [-0.2, -0.15) is 13.2 Å². The summed E-state index contributed by atoms with van der Waals surface area (Å²) in [6.07, 6.45) is -2.41. The monoisotopic (exact) mass is 423 g/mol. The maximum atomic E-state index is 13.9. The average molecular weight is 423 g/mol. The Labute approximate surface area is 153 Å². The summed E-state index contributed by atoms with van der Waals surface area (Å²) in [5.41, 5.74) is -2.38. The summed E-state index contributed by atoms with van der Waals surface area (Å²) in [5, 5.41) is 0.515. The molecule has 0 saturated carbocycles. The van der Waals surface area contributed by atoms with Crippen molar-refractivity contribution >= 4 is 27.0 Å². The van der Waals surface area contributed by atoms with E-state index in [2.05, 4.69) is 9.97 Å². The highest BCUT2D eigenvalue weighted by Crippen LogP contribution is 2.34. The summed E-state index contributed by atoms with van der Waals surface area (Å²) in [7, 11) is -4.37. The predicted octanol–water partition coefficient (Wildman–Crippen LogP) is 4.54. The molecule has 0 spiro atoms. The molecule has 3 aromatic rings. The molecule has 1 aromatic carbocycles. The van der Waals surface area contributed by atoms with Crippen LogP contribution < -0.4 is 4.72 Å². The van der Waals surface area contributed by atoms with Crippen LogP contribution in [0.2, 0.25) is 0 Å². The normalized spacial score (nSPS) is 12.4. The molecule has 0 saturated heterocycles. The number of aromatic nitrogens is 2. The second-order valence-corrected chi connectivity index (χ2v) is 8.36. The number of hydrogen-bond donors (Lipinski definition) is 2. The summed E-state index contributed by atoms with van der Waals surface area (Å²) in [4.78, 5) is 7.35. The van der Waals surface area contributed by atoms with E-state index in [1.54, 1.807) is 10.9 Å². The van der Waals surface area contributed by atoms with Crippen molar-refractivity contribution in [2.45, 2.75) is 18.0 Å². The Bertz CT molecular complexity index is 1100. The highest BCUT2D eigenvalue weighted by molar-refractivity contribution is 7.92. The number of sulfonamides is 1. The number of H-pyrrole nitrogens is 1. The fourth-order valence-electron chi connectivity index (χ4n) is 2.18. The number of rotatable bonds is 4. The smallest absolute Gasteiger partial charge is 0.358 e. The van der Waals surface area contributed by atoms with Crippen molar-refractivity contribution in [3.05, 3.63) is 52.7 Å². The Morgan fingerprint density at radius 3 is 2.44 bits per heavy atom. The molecule has 2 aromatic heterocycles. The second-order valence-electron chi connectivity index (χ2n) is 5.44. The van der Waals surface area contributed by atoms with Gasteiger partial charge in [-0.1, -0.05) is 0 Å². The first-order valence-corrected chi connectivity index (χ1v) is 9.47. The van der Waals surface area contributed by atoms with Crippen LogP contribution in [-0.4, -0.2) is 18.4 Å². The van der Waals surface area contributed by atoms with E-state index >= 15 is 0 Å². The van der Waals surface area contributed by atoms with E-state index in [0.29, 0.717) is 10.7 Å². The van der Waals surface area contributed by atoms with E-state index < -0.39 is 39.1 Å². The molecule has 0 aliphatic heterocycles. The molecule has 27 heavy (non-hydrogen) atoms. The van der Waals surface area contributed by atoms with Crippen molar-refractivity contribution in [1.29, 1.82) is 0 Å². The molecular formula is C15H10F5N3O2S2. The number of anilines is 1. The molecule has 12 heteroatoms. The van der Waals surface area contributed by atoms with Gasteiger partial charge in [-0.05, 0) is 19.1 Å². The lowest BCUT2D eigenvalue weighted by atomic mass is 10.2. The largest absolute Gasteiger partial charge is 0.419 e. The molecule has 144 valence electrons. The lowest BCUT2D eigenvalue weighted by Crippen LogP contribution is -2.15. The third-order valence-corrected chi connectivity index (χ3v) is 5.72. The van der Waals surface area contributed by atoms with Crippen molar-refractivity contribution in [2.75, 3.05) is 4.72 Å². The van der Waals surface area contributed by atoms with E-state index in [1.165, 1.54) is 17.4 Å². The molecule has 0 bridgehead atoms. The van der Waals surface area contributed by atoms with E-state index in [1.807, 2.05) is 6.92 Å². The van der Waals surface area contributed by atoms with Crippen molar-refractivity contribution in [3.8, 4) is 10.7 Å². The molecule has 0 aliphatic rings. The first kappa shape index (κ1) is 19.3. The van der Waals surface area contributed by atoms with E-state index in [9.17, 15) is 30.4 Å². The van der Waals surface area contributed by atoms with Crippen LogP contribution in [0.25, 0.3) is 10.7 Å². The Kier molecular flexibility index (Phi) is 4.72. The molecule has 2 heterocycles. The number of aryl methyl sites for hydroxylation is 1. The lowest BCUT2D eigenvalue weighted by molar-refractivity contribution is -0.140. The fraction of sp³-hybridized carbons (Fsp3) is 0.133. The van der Waals surface area contributed by atoms with Gasteiger partial charge in [0.15, 0.2) is 0 Å². The van der Waals surface area contributed by atoms with Crippen LogP contribution in [0, 0.1) is 18.6 Å². The second kappa shape index (κ2) is 6.60. The Balaban J connectivity index is 1.91. The Morgan fingerprint density at radius 1 is 1.15 bits per heavy atom. The molecule has 0 fully saturated rings. The number of aromatic amines is 1. The Hall–Kier alpha value is -2.47. The van der Waals surface area contributed by atoms with Crippen molar-refractivity contribution in [2.24, 2.45) is 0 Å². The number of halogens is 5. The minimum atomic E-state index is -5.11. The number of thiazole rings is 1. The van der Waals surface area contributed by atoms with Gasteiger partial charge in [-0.25, -0.2) is 22.2 Å². The quantitative estimate of drug-likeness (QED) is 0.605. The van der Waals surface area contributed by atoms with Gasteiger partial charge in [-0.15, -0.1) is 11.3 Å². The number of nitrogens with one attached hydrogen (secondary N) is 2. The minimum absolute atomic E-state index is 0.103. The van der Waals surface area contributed by atoms with Crippen molar-refractivity contribution in [3.63, 3.8) is 0 Å². The van der Waals surface area contributed by atoms with Gasteiger partial charge in [0.1, 0.15) is 21.5 Å². The summed E-state index contributed by atoms with van der Waals surface area (Å²) in [6, 6.07) is 1.26. The van der Waals surface area contributed by atoms with Crippen LogP contribution in [0.3, 0.4) is 0 Å². The van der Waals surface area contributed by atoms with Crippen LogP contribution in [-0.2, 0) is 16.2 Å². The zero-order valence-corrected chi connectivity index (χ0v) is 15.0. The van der Waals surface area contributed by atoms with E-state index in [0.717, 1.165) is 11.1 Å². The van der Waals surface area contributed by atoms with Gasteiger partial charge in [0.05, 0.1) is 16.9 Å². The topological polar surface area (TPSA) is 74.8 Å². The zero-order chi connectivity index (χ0) is 20.0. The number of alkyl halides is 3. The van der Waals surface area contributed by atoms with Gasteiger partial charge < -0.3 is 4.98 Å². The standard InChI is InChI=1S/C15H10F5N3O2S2/c1-7-5-22-14(26-7)13-2-8(6-21-13)27(24,25)23-12-4-10(16)9(3-11(12)17)15(18,19)20/h2-6,21,23H,1H3. The van der Waals surface area contributed by atoms with Gasteiger partial charge in [0.2, 0.25) is 0 Å². The number of benzene rings is 1. The summed E-state index contributed by atoms with van der Waals surface area (Å²) in [6.45, 7) is 1.81. The van der Waals surface area contributed by atoms with Gasteiger partial charge in [-0.3, -0.25) is 4.72 Å². The molecular weight excluding hydrogens is 413 g/mol. The highest BCUT2D eigenvalue weighted by atomic mass is 32.2. The van der Waals surface area contributed by atoms with Gasteiger partial charge in [0.25, 0.3) is 10.0 Å². The first-order valence-electron chi connectivity index (χ1n) is 7.17. The van der Waals surface area contributed by atoms with Crippen LogP contribution in [0.4, 0.5) is 27.6 Å². The molecule has 2 N–H and O–H groups in total. The molecule has 0 radical (unpaired) electrons. The molecule has 0 unspecified atom stereocenters. The van der Waals surface area contributed by atoms with Crippen LogP contribution in [0.1, 0.15) is 10.4 Å². The molecule has 0 aliphatic carbocycles. The summed E-state index contributed by atoms with van der Waals surface area (Å²) < 4.78 is 91.6. The van der Waals surface area contributed by atoms with E-state index in [-0.39, 0.29) is 17.0 Å². The third-order valence-electron chi connectivity index (χ3n) is 3.42. The molecule has 0 amide bonds.